The Bertz CT molecular complexity index is 471. The maximum absolute atomic E-state index is 12.2. The van der Waals surface area contributed by atoms with Crippen LogP contribution in [0.25, 0.3) is 0 Å². The molecular weight excluding hydrogens is 250 g/mol. The molecule has 2 unspecified atom stereocenters. The smallest absolute Gasteiger partial charge is 0.236 e. The molecule has 2 rings (SSSR count). The third-order valence-corrected chi connectivity index (χ3v) is 4.26. The minimum atomic E-state index is 0.0854. The molecule has 1 amide bonds. The van der Waals surface area contributed by atoms with Gasteiger partial charge in [0.05, 0.1) is 6.54 Å². The molecule has 1 aliphatic carbocycles. The zero-order valence-electron chi connectivity index (χ0n) is 12.7. The van der Waals surface area contributed by atoms with Crippen LogP contribution in [0.2, 0.25) is 0 Å². The van der Waals surface area contributed by atoms with Gasteiger partial charge in [0.1, 0.15) is 0 Å². The molecule has 4 heteroatoms. The molecule has 2 N–H and O–H groups in total. The Labute approximate surface area is 121 Å². The molecule has 0 aromatic heterocycles. The van der Waals surface area contributed by atoms with Gasteiger partial charge in [-0.05, 0) is 38.4 Å². The maximum atomic E-state index is 12.2. The van der Waals surface area contributed by atoms with E-state index >= 15 is 0 Å². The van der Waals surface area contributed by atoms with Crippen LogP contribution in [-0.4, -0.2) is 42.4 Å². The fourth-order valence-electron chi connectivity index (χ4n) is 3.06. The highest BCUT2D eigenvalue weighted by Gasteiger charge is 2.31. The average Bonchev–Trinajstić information content (AvgIpc) is 2.78. The standard InChI is InChI=1S/C16H25N3O/c1-4-19(5-2)16(20)11-18(3)15-10-14(17)12-8-6-7-9-13(12)15/h6-9,14-15H,4-5,10-11,17H2,1-3H3. The first-order valence-electron chi connectivity index (χ1n) is 7.40. The summed E-state index contributed by atoms with van der Waals surface area (Å²) in [5.41, 5.74) is 8.69. The van der Waals surface area contributed by atoms with E-state index in [2.05, 4.69) is 17.0 Å². The maximum Gasteiger partial charge on any atom is 0.236 e. The van der Waals surface area contributed by atoms with Crippen molar-refractivity contribution in [3.63, 3.8) is 0 Å². The minimum absolute atomic E-state index is 0.0854. The molecule has 110 valence electrons. The van der Waals surface area contributed by atoms with E-state index < -0.39 is 0 Å². The normalized spacial score (nSPS) is 21.1. The lowest BCUT2D eigenvalue weighted by molar-refractivity contribution is -0.132. The van der Waals surface area contributed by atoms with Gasteiger partial charge in [0, 0.05) is 25.2 Å². The predicted octanol–water partition coefficient (Wildman–Crippen LogP) is 1.93. The summed E-state index contributed by atoms with van der Waals surface area (Å²) in [6.07, 6.45) is 0.890. The molecule has 4 nitrogen and oxygen atoms in total. The van der Waals surface area contributed by atoms with Gasteiger partial charge < -0.3 is 10.6 Å². The number of nitrogens with two attached hydrogens (primary N) is 1. The molecule has 1 aliphatic rings. The van der Waals surface area contributed by atoms with Crippen molar-refractivity contribution in [1.82, 2.24) is 9.80 Å². The minimum Gasteiger partial charge on any atom is -0.342 e. The first kappa shape index (κ1) is 15.0. The number of likely N-dealkylation sites (N-methyl/N-ethyl adjacent to an activating group) is 2. The second kappa shape index (κ2) is 6.37. The van der Waals surface area contributed by atoms with Gasteiger partial charge in [-0.2, -0.15) is 0 Å². The van der Waals surface area contributed by atoms with Crippen LogP contribution < -0.4 is 5.73 Å². The van der Waals surface area contributed by atoms with Gasteiger partial charge in [-0.3, -0.25) is 9.69 Å². The van der Waals surface area contributed by atoms with Crippen molar-refractivity contribution in [3.05, 3.63) is 35.4 Å². The Morgan fingerprint density at radius 1 is 1.25 bits per heavy atom. The molecular formula is C16H25N3O. The number of benzene rings is 1. The Balaban J connectivity index is 2.08. The third-order valence-electron chi connectivity index (χ3n) is 4.26. The van der Waals surface area contributed by atoms with Gasteiger partial charge in [-0.25, -0.2) is 0 Å². The molecule has 1 aromatic carbocycles. The summed E-state index contributed by atoms with van der Waals surface area (Å²) >= 11 is 0. The highest BCUT2D eigenvalue weighted by atomic mass is 16.2. The van der Waals surface area contributed by atoms with Gasteiger partial charge in [-0.15, -0.1) is 0 Å². The van der Waals surface area contributed by atoms with Crippen LogP contribution in [0.4, 0.5) is 0 Å². The summed E-state index contributed by atoms with van der Waals surface area (Å²) in [6.45, 7) is 6.02. The number of carbonyl (C=O) groups is 1. The molecule has 20 heavy (non-hydrogen) atoms. The van der Waals surface area contributed by atoms with Crippen molar-refractivity contribution in [1.29, 1.82) is 0 Å². The van der Waals surface area contributed by atoms with E-state index in [1.54, 1.807) is 0 Å². The molecule has 0 spiro atoms. The summed E-state index contributed by atoms with van der Waals surface area (Å²) in [5, 5.41) is 0. The van der Waals surface area contributed by atoms with E-state index in [1.807, 2.05) is 37.9 Å². The molecule has 0 bridgehead atoms. The Hall–Kier alpha value is -1.39. The number of hydrogen-bond acceptors (Lipinski definition) is 3. The van der Waals surface area contributed by atoms with E-state index in [9.17, 15) is 4.79 Å². The summed E-state index contributed by atoms with van der Waals surface area (Å²) in [5.74, 6) is 0.190. The topological polar surface area (TPSA) is 49.6 Å². The number of rotatable bonds is 5. The van der Waals surface area contributed by atoms with Gasteiger partial charge in [0.15, 0.2) is 0 Å². The number of fused-ring (bicyclic) bond motifs is 1. The van der Waals surface area contributed by atoms with Crippen molar-refractivity contribution >= 4 is 5.91 Å². The highest BCUT2D eigenvalue weighted by molar-refractivity contribution is 5.78. The van der Waals surface area contributed by atoms with E-state index in [4.69, 9.17) is 5.73 Å². The first-order valence-corrected chi connectivity index (χ1v) is 7.40. The van der Waals surface area contributed by atoms with Crippen molar-refractivity contribution in [2.24, 2.45) is 5.73 Å². The second-order valence-corrected chi connectivity index (χ2v) is 5.47. The molecule has 0 fully saturated rings. The van der Waals surface area contributed by atoms with Crippen molar-refractivity contribution < 1.29 is 4.79 Å². The quantitative estimate of drug-likeness (QED) is 0.893. The molecule has 1 aromatic rings. The van der Waals surface area contributed by atoms with Crippen molar-refractivity contribution in [2.75, 3.05) is 26.7 Å². The van der Waals surface area contributed by atoms with Crippen LogP contribution >= 0.6 is 0 Å². The van der Waals surface area contributed by atoms with Gasteiger partial charge in [-0.1, -0.05) is 24.3 Å². The van der Waals surface area contributed by atoms with E-state index in [-0.39, 0.29) is 18.0 Å². The lowest BCUT2D eigenvalue weighted by atomic mass is 10.1. The van der Waals surface area contributed by atoms with Crippen LogP contribution in [0, 0.1) is 0 Å². The van der Waals surface area contributed by atoms with Crippen LogP contribution in [0.3, 0.4) is 0 Å². The lowest BCUT2D eigenvalue weighted by Gasteiger charge is -2.28. The molecule has 0 aliphatic heterocycles. The van der Waals surface area contributed by atoms with Crippen LogP contribution in [-0.2, 0) is 4.79 Å². The Kier molecular flexibility index (Phi) is 4.78. The third kappa shape index (κ3) is 2.86. The van der Waals surface area contributed by atoms with Crippen molar-refractivity contribution in [2.45, 2.75) is 32.4 Å². The Morgan fingerprint density at radius 2 is 1.85 bits per heavy atom. The lowest BCUT2D eigenvalue weighted by Crippen LogP contribution is -2.39. The van der Waals surface area contributed by atoms with E-state index in [1.165, 1.54) is 11.1 Å². The molecule has 2 atom stereocenters. The monoisotopic (exact) mass is 275 g/mol. The summed E-state index contributed by atoms with van der Waals surface area (Å²) in [7, 11) is 2.01. The van der Waals surface area contributed by atoms with E-state index in [0.29, 0.717) is 6.54 Å². The van der Waals surface area contributed by atoms with Gasteiger partial charge in [0.25, 0.3) is 0 Å². The fraction of sp³-hybridized carbons (Fsp3) is 0.562. The number of carbonyl (C=O) groups excluding carboxylic acids is 1. The number of amides is 1. The van der Waals surface area contributed by atoms with Crippen LogP contribution in [0.1, 0.15) is 43.5 Å². The highest BCUT2D eigenvalue weighted by Crippen LogP contribution is 2.40. The average molecular weight is 275 g/mol. The predicted molar refractivity (Wildman–Crippen MR) is 81.3 cm³/mol. The molecule has 0 radical (unpaired) electrons. The van der Waals surface area contributed by atoms with E-state index in [0.717, 1.165) is 19.5 Å². The summed E-state index contributed by atoms with van der Waals surface area (Å²) in [6, 6.07) is 8.64. The Morgan fingerprint density at radius 3 is 2.45 bits per heavy atom. The summed E-state index contributed by atoms with van der Waals surface area (Å²) < 4.78 is 0. The SMILES string of the molecule is CCN(CC)C(=O)CN(C)C1CC(N)c2ccccc21. The van der Waals surface area contributed by atoms with Crippen molar-refractivity contribution in [3.8, 4) is 0 Å². The largest absolute Gasteiger partial charge is 0.342 e. The van der Waals surface area contributed by atoms with Crippen LogP contribution in [0.15, 0.2) is 24.3 Å². The number of nitrogens with zero attached hydrogens (tertiary/aromatic N) is 2. The molecule has 0 heterocycles. The fourth-order valence-corrected chi connectivity index (χ4v) is 3.06. The first-order chi connectivity index (χ1) is 9.58. The molecule has 0 saturated heterocycles. The zero-order chi connectivity index (χ0) is 14.7. The second-order valence-electron chi connectivity index (χ2n) is 5.47. The van der Waals surface area contributed by atoms with Gasteiger partial charge in [0.2, 0.25) is 5.91 Å². The number of hydrogen-bond donors (Lipinski definition) is 1. The summed E-state index contributed by atoms with van der Waals surface area (Å²) in [4.78, 5) is 16.2. The zero-order valence-corrected chi connectivity index (χ0v) is 12.7. The molecule has 0 saturated carbocycles. The van der Waals surface area contributed by atoms with Crippen LogP contribution in [0.5, 0.6) is 0 Å². The van der Waals surface area contributed by atoms with Gasteiger partial charge >= 0.3 is 0 Å².